The van der Waals surface area contributed by atoms with Crippen LogP contribution in [-0.2, 0) is 6.54 Å². The van der Waals surface area contributed by atoms with Crippen molar-refractivity contribution >= 4 is 10.9 Å². The average molecular weight is 345 g/mol. The van der Waals surface area contributed by atoms with Gasteiger partial charge in [0.15, 0.2) is 0 Å². The van der Waals surface area contributed by atoms with Gasteiger partial charge < -0.3 is 0 Å². The predicted molar refractivity (Wildman–Crippen MR) is 101 cm³/mol. The third-order valence-corrected chi connectivity index (χ3v) is 4.64. The molecule has 0 aliphatic carbocycles. The summed E-state index contributed by atoms with van der Waals surface area (Å²) >= 11 is 0. The van der Waals surface area contributed by atoms with Crippen LogP contribution in [0, 0.1) is 20.8 Å². The molecule has 6 nitrogen and oxygen atoms in total. The highest BCUT2D eigenvalue weighted by Gasteiger charge is 2.15. The van der Waals surface area contributed by atoms with E-state index in [1.165, 1.54) is 10.2 Å². The topological polar surface area (TPSA) is 65.6 Å². The number of benzene rings is 1. The maximum absolute atomic E-state index is 13.1. The second kappa shape index (κ2) is 6.22. The molecule has 4 rings (SSSR count). The number of aryl methyl sites for hydroxylation is 3. The predicted octanol–water partition coefficient (Wildman–Crippen LogP) is 2.95. The molecule has 0 saturated heterocycles. The van der Waals surface area contributed by atoms with Crippen LogP contribution in [0.15, 0.2) is 53.6 Å². The Morgan fingerprint density at radius 1 is 1.04 bits per heavy atom. The second-order valence-electron chi connectivity index (χ2n) is 6.46. The summed E-state index contributed by atoms with van der Waals surface area (Å²) in [6, 6.07) is 11.7. The number of nitrogens with zero attached hydrogens (tertiary/aromatic N) is 5. The van der Waals surface area contributed by atoms with Crippen molar-refractivity contribution in [2.75, 3.05) is 0 Å². The Labute approximate surface area is 150 Å². The number of hydrogen-bond donors (Lipinski definition) is 0. The van der Waals surface area contributed by atoms with Crippen molar-refractivity contribution in [3.63, 3.8) is 0 Å². The van der Waals surface area contributed by atoms with Crippen LogP contribution in [0.4, 0.5) is 0 Å². The fourth-order valence-electron chi connectivity index (χ4n) is 3.03. The lowest BCUT2D eigenvalue weighted by molar-refractivity contribution is 0.624. The number of rotatable bonds is 3. The van der Waals surface area contributed by atoms with Crippen LogP contribution in [0.5, 0.6) is 0 Å². The summed E-state index contributed by atoms with van der Waals surface area (Å²) < 4.78 is 3.16. The first-order chi connectivity index (χ1) is 12.5. The molecule has 0 radical (unpaired) electrons. The van der Waals surface area contributed by atoms with E-state index in [2.05, 4.69) is 29.0 Å². The van der Waals surface area contributed by atoms with Gasteiger partial charge in [-0.05, 0) is 56.2 Å². The summed E-state index contributed by atoms with van der Waals surface area (Å²) in [6.07, 6.45) is 3.42. The Kier molecular flexibility index (Phi) is 3.88. The zero-order valence-electron chi connectivity index (χ0n) is 15.0. The first-order valence-electron chi connectivity index (χ1n) is 8.47. The highest BCUT2D eigenvalue weighted by Crippen LogP contribution is 2.19. The summed E-state index contributed by atoms with van der Waals surface area (Å²) in [6.45, 7) is 6.34. The molecule has 0 fully saturated rings. The third-order valence-electron chi connectivity index (χ3n) is 4.64. The molecule has 26 heavy (non-hydrogen) atoms. The van der Waals surface area contributed by atoms with Crippen molar-refractivity contribution in [1.82, 2.24) is 24.5 Å². The molecule has 0 aliphatic rings. The quantitative estimate of drug-likeness (QED) is 0.573. The zero-order chi connectivity index (χ0) is 18.3. The first kappa shape index (κ1) is 16.2. The summed E-state index contributed by atoms with van der Waals surface area (Å²) in [5.41, 5.74) is 5.16. The fourth-order valence-corrected chi connectivity index (χ4v) is 3.03. The second-order valence-corrected chi connectivity index (χ2v) is 6.46. The number of pyridine rings is 1. The van der Waals surface area contributed by atoms with Crippen LogP contribution in [-0.4, -0.2) is 24.5 Å². The molecule has 1 aromatic carbocycles. The molecule has 0 bridgehead atoms. The average Bonchev–Trinajstić information content (AvgIpc) is 3.08. The lowest BCUT2D eigenvalue weighted by Crippen LogP contribution is -2.26. The molecule has 0 saturated carbocycles. The van der Waals surface area contributed by atoms with Crippen LogP contribution in [0.3, 0.4) is 0 Å². The Morgan fingerprint density at radius 3 is 2.62 bits per heavy atom. The van der Waals surface area contributed by atoms with Gasteiger partial charge in [0.05, 0.1) is 29.8 Å². The van der Waals surface area contributed by atoms with Gasteiger partial charge in [-0.25, -0.2) is 9.36 Å². The van der Waals surface area contributed by atoms with Gasteiger partial charge in [0.1, 0.15) is 5.52 Å². The van der Waals surface area contributed by atoms with E-state index in [1.54, 1.807) is 17.1 Å². The van der Waals surface area contributed by atoms with E-state index in [0.717, 1.165) is 28.0 Å². The Morgan fingerprint density at radius 2 is 1.88 bits per heavy atom. The Balaban J connectivity index is 1.91. The van der Waals surface area contributed by atoms with Crippen molar-refractivity contribution < 1.29 is 0 Å². The van der Waals surface area contributed by atoms with Gasteiger partial charge in [-0.2, -0.15) is 10.2 Å². The molecule has 3 aromatic heterocycles. The lowest BCUT2D eigenvalue weighted by Gasteiger charge is -2.09. The van der Waals surface area contributed by atoms with E-state index in [1.807, 2.05) is 43.3 Å². The molecule has 0 N–H and O–H groups in total. The minimum absolute atomic E-state index is 0.174. The summed E-state index contributed by atoms with van der Waals surface area (Å²) in [7, 11) is 0. The standard InChI is InChI=1S/C20H19N5O/c1-13-7-8-17(10-14(13)2)25-19-18(11-22-25)15(3)23-24(20(19)26)12-16-6-4-5-9-21-16/h4-11H,12H2,1-3H3. The maximum atomic E-state index is 13.1. The van der Waals surface area contributed by atoms with Crippen LogP contribution in [0.1, 0.15) is 22.5 Å². The molecular formula is C20H19N5O. The minimum atomic E-state index is -0.174. The van der Waals surface area contributed by atoms with Crippen molar-refractivity contribution in [2.45, 2.75) is 27.3 Å². The van der Waals surface area contributed by atoms with E-state index >= 15 is 0 Å². The van der Waals surface area contributed by atoms with Gasteiger partial charge in [-0.1, -0.05) is 12.1 Å². The fraction of sp³-hybridized carbons (Fsp3) is 0.200. The van der Waals surface area contributed by atoms with Crippen LogP contribution in [0.2, 0.25) is 0 Å². The Hall–Kier alpha value is -3.28. The highest BCUT2D eigenvalue weighted by atomic mass is 16.1. The van der Waals surface area contributed by atoms with Crippen LogP contribution < -0.4 is 5.56 Å². The molecule has 0 spiro atoms. The van der Waals surface area contributed by atoms with Gasteiger partial charge in [-0.15, -0.1) is 0 Å². The van der Waals surface area contributed by atoms with E-state index in [-0.39, 0.29) is 5.56 Å². The third kappa shape index (κ3) is 2.69. The van der Waals surface area contributed by atoms with Crippen molar-refractivity contribution in [3.05, 3.63) is 81.7 Å². The molecule has 6 heteroatoms. The first-order valence-corrected chi connectivity index (χ1v) is 8.47. The molecule has 130 valence electrons. The molecule has 3 heterocycles. The van der Waals surface area contributed by atoms with Gasteiger partial charge >= 0.3 is 0 Å². The van der Waals surface area contributed by atoms with Crippen molar-refractivity contribution in [1.29, 1.82) is 0 Å². The SMILES string of the molecule is Cc1ccc(-n2ncc3c(C)nn(Cc4ccccn4)c(=O)c32)cc1C. The van der Waals surface area contributed by atoms with Crippen molar-refractivity contribution in [2.24, 2.45) is 0 Å². The zero-order valence-corrected chi connectivity index (χ0v) is 15.0. The summed E-state index contributed by atoms with van der Waals surface area (Å²) in [4.78, 5) is 17.4. The highest BCUT2D eigenvalue weighted by molar-refractivity contribution is 5.81. The number of fused-ring (bicyclic) bond motifs is 1. The van der Waals surface area contributed by atoms with Gasteiger partial charge in [0.2, 0.25) is 0 Å². The van der Waals surface area contributed by atoms with Gasteiger partial charge in [0.25, 0.3) is 5.56 Å². The normalized spacial score (nSPS) is 11.2. The van der Waals surface area contributed by atoms with Gasteiger partial charge in [0, 0.05) is 11.6 Å². The maximum Gasteiger partial charge on any atom is 0.293 e. The molecular weight excluding hydrogens is 326 g/mol. The molecule has 0 aliphatic heterocycles. The van der Waals surface area contributed by atoms with Crippen molar-refractivity contribution in [3.8, 4) is 5.69 Å². The number of aromatic nitrogens is 5. The molecule has 4 aromatic rings. The van der Waals surface area contributed by atoms with E-state index in [9.17, 15) is 4.79 Å². The smallest absolute Gasteiger partial charge is 0.265 e. The van der Waals surface area contributed by atoms with E-state index in [0.29, 0.717) is 12.1 Å². The van der Waals surface area contributed by atoms with Crippen LogP contribution in [0.25, 0.3) is 16.6 Å². The summed E-state index contributed by atoms with van der Waals surface area (Å²) in [5.74, 6) is 0. The summed E-state index contributed by atoms with van der Waals surface area (Å²) in [5, 5.41) is 9.67. The lowest BCUT2D eigenvalue weighted by atomic mass is 10.1. The minimum Gasteiger partial charge on any atom is -0.265 e. The number of hydrogen-bond acceptors (Lipinski definition) is 4. The van der Waals surface area contributed by atoms with Crippen LogP contribution >= 0.6 is 0 Å². The molecule has 0 amide bonds. The van der Waals surface area contributed by atoms with E-state index in [4.69, 9.17) is 0 Å². The van der Waals surface area contributed by atoms with Gasteiger partial charge in [-0.3, -0.25) is 9.78 Å². The molecule has 0 atom stereocenters. The monoisotopic (exact) mass is 345 g/mol. The molecule has 0 unspecified atom stereocenters. The largest absolute Gasteiger partial charge is 0.293 e. The Bertz CT molecular complexity index is 1160. The van der Waals surface area contributed by atoms with E-state index < -0.39 is 0 Å².